The second-order valence-electron chi connectivity index (χ2n) is 3.38. The molecule has 1 aromatic carbocycles. The molecule has 0 bridgehead atoms. The highest BCUT2D eigenvalue weighted by Gasteiger charge is 2.11. The molecule has 0 aliphatic heterocycles. The molecule has 0 amide bonds. The molecular weight excluding hydrogens is 241 g/mol. The molecule has 0 atom stereocenters. The zero-order chi connectivity index (χ0) is 12.4. The van der Waals surface area contributed by atoms with Gasteiger partial charge in [-0.3, -0.25) is 5.41 Å². The number of aryl methyl sites for hydroxylation is 1. The summed E-state index contributed by atoms with van der Waals surface area (Å²) < 4.78 is 14.8. The van der Waals surface area contributed by atoms with E-state index < -0.39 is 5.82 Å². The van der Waals surface area contributed by atoms with Crippen LogP contribution in [0, 0.1) is 11.2 Å². The quantitative estimate of drug-likeness (QED) is 0.638. The zero-order valence-corrected chi connectivity index (χ0v) is 9.83. The first-order valence-electron chi connectivity index (χ1n) is 4.73. The Morgan fingerprint density at radius 3 is 2.88 bits per heavy atom. The maximum Gasteiger partial charge on any atom is 0.195 e. The van der Waals surface area contributed by atoms with E-state index in [0.717, 1.165) is 0 Å². The fraction of sp³-hybridized carbons (Fsp3) is 0.100. The highest BCUT2D eigenvalue weighted by molar-refractivity contribution is 7.99. The highest BCUT2D eigenvalue weighted by atomic mass is 32.2. The minimum absolute atomic E-state index is 0.172. The molecular formula is C10H10FN5S. The van der Waals surface area contributed by atoms with Crippen LogP contribution in [0.15, 0.2) is 34.6 Å². The summed E-state index contributed by atoms with van der Waals surface area (Å²) in [7, 11) is 1.80. The Bertz CT molecular complexity index is 566. The predicted molar refractivity (Wildman–Crippen MR) is 62.5 cm³/mol. The molecule has 0 aliphatic carbocycles. The molecule has 17 heavy (non-hydrogen) atoms. The van der Waals surface area contributed by atoms with E-state index >= 15 is 0 Å². The van der Waals surface area contributed by atoms with Crippen molar-refractivity contribution in [1.82, 2.24) is 14.8 Å². The second kappa shape index (κ2) is 4.54. The fourth-order valence-corrected chi connectivity index (χ4v) is 2.16. The molecule has 88 valence electrons. The van der Waals surface area contributed by atoms with E-state index in [-0.39, 0.29) is 5.84 Å². The van der Waals surface area contributed by atoms with Crippen molar-refractivity contribution in [2.75, 3.05) is 0 Å². The second-order valence-corrected chi connectivity index (χ2v) is 4.39. The van der Waals surface area contributed by atoms with E-state index in [1.54, 1.807) is 24.0 Å². The maximum absolute atomic E-state index is 13.1. The van der Waals surface area contributed by atoms with Crippen LogP contribution in [-0.2, 0) is 7.05 Å². The number of benzene rings is 1. The number of halogens is 1. The smallest absolute Gasteiger partial charge is 0.195 e. The number of aromatic nitrogens is 3. The third-order valence-electron chi connectivity index (χ3n) is 2.10. The van der Waals surface area contributed by atoms with Gasteiger partial charge in [0.25, 0.3) is 0 Å². The monoisotopic (exact) mass is 251 g/mol. The van der Waals surface area contributed by atoms with Crippen molar-refractivity contribution in [2.24, 2.45) is 12.8 Å². The number of nitrogens with two attached hydrogens (primary N) is 1. The first kappa shape index (κ1) is 11.6. The third kappa shape index (κ3) is 2.44. The predicted octanol–water partition coefficient (Wildman–Crippen LogP) is 1.39. The first-order valence-corrected chi connectivity index (χ1v) is 5.55. The molecule has 2 rings (SSSR count). The Labute approximate surface area is 101 Å². The summed E-state index contributed by atoms with van der Waals surface area (Å²) in [5.74, 6) is -0.591. The Morgan fingerprint density at radius 1 is 1.53 bits per heavy atom. The van der Waals surface area contributed by atoms with E-state index in [9.17, 15) is 4.39 Å². The molecule has 0 fully saturated rings. The standard InChI is InChI=1S/C10H10FN5S/c1-16-5-14-15-10(16)17-8-3-2-6(11)4-7(8)9(12)13/h2-5H,1H3,(H3,12,13). The summed E-state index contributed by atoms with van der Waals surface area (Å²) in [4.78, 5) is 0.676. The molecule has 1 aromatic heterocycles. The zero-order valence-electron chi connectivity index (χ0n) is 9.01. The molecule has 0 saturated carbocycles. The molecule has 5 nitrogen and oxygen atoms in total. The van der Waals surface area contributed by atoms with Crippen LogP contribution >= 0.6 is 11.8 Å². The summed E-state index contributed by atoms with van der Waals surface area (Å²) in [5.41, 5.74) is 5.77. The Balaban J connectivity index is 2.39. The van der Waals surface area contributed by atoms with Crippen molar-refractivity contribution < 1.29 is 4.39 Å². The number of nitrogens with one attached hydrogen (secondary N) is 1. The molecule has 0 radical (unpaired) electrons. The summed E-state index contributed by atoms with van der Waals surface area (Å²) in [6.07, 6.45) is 1.57. The average molecular weight is 251 g/mol. The molecule has 3 N–H and O–H groups in total. The number of nitrogens with zero attached hydrogens (tertiary/aromatic N) is 3. The Kier molecular flexibility index (Phi) is 3.10. The SMILES string of the molecule is Cn1cnnc1Sc1ccc(F)cc1C(=N)N. The van der Waals surface area contributed by atoms with Gasteiger partial charge in [0.1, 0.15) is 18.0 Å². The average Bonchev–Trinajstić information content (AvgIpc) is 2.67. The van der Waals surface area contributed by atoms with E-state index in [4.69, 9.17) is 11.1 Å². The van der Waals surface area contributed by atoms with Crippen LogP contribution in [0.4, 0.5) is 4.39 Å². The number of amidine groups is 1. The van der Waals surface area contributed by atoms with Crippen molar-refractivity contribution >= 4 is 17.6 Å². The maximum atomic E-state index is 13.1. The molecule has 1 heterocycles. The van der Waals surface area contributed by atoms with Gasteiger partial charge in [0, 0.05) is 17.5 Å². The number of rotatable bonds is 3. The normalized spacial score (nSPS) is 10.5. The van der Waals surface area contributed by atoms with Crippen LogP contribution in [0.5, 0.6) is 0 Å². The van der Waals surface area contributed by atoms with Gasteiger partial charge in [-0.15, -0.1) is 10.2 Å². The highest BCUT2D eigenvalue weighted by Crippen LogP contribution is 2.28. The molecule has 0 saturated heterocycles. The fourth-order valence-electron chi connectivity index (χ4n) is 1.27. The van der Waals surface area contributed by atoms with Gasteiger partial charge in [-0.2, -0.15) is 0 Å². The topological polar surface area (TPSA) is 80.6 Å². The van der Waals surface area contributed by atoms with Crippen LogP contribution in [0.25, 0.3) is 0 Å². The lowest BCUT2D eigenvalue weighted by atomic mass is 10.2. The molecule has 0 spiro atoms. The molecule has 7 heteroatoms. The summed E-state index contributed by atoms with van der Waals surface area (Å²) in [6.45, 7) is 0. The Hall–Kier alpha value is -1.89. The van der Waals surface area contributed by atoms with Crippen LogP contribution in [0.2, 0.25) is 0 Å². The van der Waals surface area contributed by atoms with Gasteiger partial charge in [-0.05, 0) is 30.0 Å². The van der Waals surface area contributed by atoms with Gasteiger partial charge >= 0.3 is 0 Å². The van der Waals surface area contributed by atoms with Crippen molar-refractivity contribution in [3.63, 3.8) is 0 Å². The summed E-state index contributed by atoms with van der Waals surface area (Å²) in [6, 6.07) is 4.14. The minimum Gasteiger partial charge on any atom is -0.384 e. The third-order valence-corrected chi connectivity index (χ3v) is 3.23. The van der Waals surface area contributed by atoms with Crippen LogP contribution in [-0.4, -0.2) is 20.6 Å². The van der Waals surface area contributed by atoms with Crippen molar-refractivity contribution in [2.45, 2.75) is 10.1 Å². The van der Waals surface area contributed by atoms with Crippen LogP contribution in [0.1, 0.15) is 5.56 Å². The molecule has 2 aromatic rings. The van der Waals surface area contributed by atoms with Crippen molar-refractivity contribution in [3.8, 4) is 0 Å². The molecule has 0 aliphatic rings. The van der Waals surface area contributed by atoms with Gasteiger partial charge in [0.05, 0.1) is 0 Å². The van der Waals surface area contributed by atoms with Crippen LogP contribution < -0.4 is 5.73 Å². The van der Waals surface area contributed by atoms with E-state index in [2.05, 4.69) is 10.2 Å². The minimum atomic E-state index is -0.419. The van der Waals surface area contributed by atoms with E-state index in [0.29, 0.717) is 15.6 Å². The summed E-state index contributed by atoms with van der Waals surface area (Å²) >= 11 is 1.29. The van der Waals surface area contributed by atoms with E-state index in [1.807, 2.05) is 0 Å². The van der Waals surface area contributed by atoms with Crippen LogP contribution in [0.3, 0.4) is 0 Å². The number of hydrogen-bond acceptors (Lipinski definition) is 4. The largest absolute Gasteiger partial charge is 0.384 e. The lowest BCUT2D eigenvalue weighted by Gasteiger charge is -2.07. The van der Waals surface area contributed by atoms with E-state index in [1.165, 1.54) is 23.9 Å². The van der Waals surface area contributed by atoms with Gasteiger partial charge in [-0.1, -0.05) is 0 Å². The number of nitrogen functional groups attached to an aromatic ring is 1. The molecule has 0 unspecified atom stereocenters. The summed E-state index contributed by atoms with van der Waals surface area (Å²) in [5, 5.41) is 15.7. The van der Waals surface area contributed by atoms with Gasteiger partial charge in [0.15, 0.2) is 5.16 Å². The lowest BCUT2D eigenvalue weighted by Crippen LogP contribution is -2.12. The first-order chi connectivity index (χ1) is 8.08. The lowest BCUT2D eigenvalue weighted by molar-refractivity contribution is 0.626. The van der Waals surface area contributed by atoms with Gasteiger partial charge in [-0.25, -0.2) is 4.39 Å². The van der Waals surface area contributed by atoms with Gasteiger partial charge < -0.3 is 10.3 Å². The van der Waals surface area contributed by atoms with Crippen molar-refractivity contribution in [1.29, 1.82) is 5.41 Å². The van der Waals surface area contributed by atoms with Gasteiger partial charge in [0.2, 0.25) is 0 Å². The number of hydrogen-bond donors (Lipinski definition) is 2. The van der Waals surface area contributed by atoms with Crippen molar-refractivity contribution in [3.05, 3.63) is 35.9 Å². The Morgan fingerprint density at radius 2 is 2.29 bits per heavy atom.